The molecule has 7 heteroatoms. The second kappa shape index (κ2) is 7.82. The van der Waals surface area contributed by atoms with E-state index in [4.69, 9.17) is 4.74 Å². The molecule has 27 heavy (non-hydrogen) atoms. The van der Waals surface area contributed by atoms with Gasteiger partial charge in [-0.2, -0.15) is 0 Å². The number of oxime groups is 1. The van der Waals surface area contributed by atoms with E-state index in [1.807, 2.05) is 17.0 Å². The maximum atomic E-state index is 13.1. The molecule has 1 saturated heterocycles. The maximum absolute atomic E-state index is 13.1. The summed E-state index contributed by atoms with van der Waals surface area (Å²) in [4.78, 5) is 8.58. The molecule has 0 spiro atoms. The van der Waals surface area contributed by atoms with Gasteiger partial charge < -0.3 is 19.7 Å². The Kier molecular flexibility index (Phi) is 5.09. The van der Waals surface area contributed by atoms with Crippen LogP contribution in [-0.4, -0.2) is 53.2 Å². The molecule has 0 bridgehead atoms. The summed E-state index contributed by atoms with van der Waals surface area (Å²) in [6.07, 6.45) is 5.16. The molecule has 4 rings (SSSR count). The summed E-state index contributed by atoms with van der Waals surface area (Å²) in [5.41, 5.74) is 1.70. The second-order valence-electron chi connectivity index (χ2n) is 6.90. The average molecular weight is 370 g/mol. The van der Waals surface area contributed by atoms with Crippen molar-refractivity contribution in [2.75, 3.05) is 31.1 Å². The van der Waals surface area contributed by atoms with Crippen molar-refractivity contribution >= 4 is 11.5 Å². The lowest BCUT2D eigenvalue weighted by atomic mass is 9.96. The zero-order chi connectivity index (χ0) is 18.6. The fourth-order valence-electron chi connectivity index (χ4n) is 3.42. The van der Waals surface area contributed by atoms with Crippen LogP contribution < -0.4 is 9.64 Å². The minimum absolute atomic E-state index is 0.203. The minimum Gasteiger partial charge on any atom is -0.474 e. The molecule has 142 valence electrons. The topological polar surface area (TPSA) is 61.2 Å². The van der Waals surface area contributed by atoms with Gasteiger partial charge in [-0.05, 0) is 55.7 Å². The van der Waals surface area contributed by atoms with Gasteiger partial charge in [-0.1, -0.05) is 5.16 Å². The molecule has 2 fully saturated rings. The van der Waals surface area contributed by atoms with E-state index >= 15 is 0 Å². The van der Waals surface area contributed by atoms with Crippen molar-refractivity contribution in [1.82, 2.24) is 9.88 Å². The number of hydrogen-bond donors (Lipinski definition) is 1. The standard InChI is InChI=1S/C20H23FN4O2/c21-15-6-8-16(9-7-15)24-11-13-25(14-12-24)19(23-26)18-5-2-10-22-20(18)27-17-3-1-4-17/h2,5-10,17,26H,1,3-4,11-14H2/b23-19-. The molecular formula is C20H23FN4O2. The predicted octanol–water partition coefficient (Wildman–Crippen LogP) is 3.11. The molecule has 0 radical (unpaired) electrons. The number of aromatic nitrogens is 1. The van der Waals surface area contributed by atoms with Gasteiger partial charge in [0.1, 0.15) is 11.9 Å². The SMILES string of the molecule is O/N=C(/c1cccnc1OC1CCC1)N1CCN(c2ccc(F)cc2)CC1. The third kappa shape index (κ3) is 3.82. The molecule has 6 nitrogen and oxygen atoms in total. The summed E-state index contributed by atoms with van der Waals surface area (Å²) in [5, 5.41) is 13.2. The van der Waals surface area contributed by atoms with E-state index in [9.17, 15) is 9.60 Å². The number of ether oxygens (including phenoxy) is 1. The zero-order valence-corrected chi connectivity index (χ0v) is 15.1. The summed E-state index contributed by atoms with van der Waals surface area (Å²) < 4.78 is 19.1. The van der Waals surface area contributed by atoms with Gasteiger partial charge in [-0.3, -0.25) is 0 Å². The molecule has 1 aromatic heterocycles. The molecule has 2 aliphatic rings. The van der Waals surface area contributed by atoms with E-state index in [0.717, 1.165) is 31.6 Å². The van der Waals surface area contributed by atoms with Crippen molar-refractivity contribution in [1.29, 1.82) is 0 Å². The Balaban J connectivity index is 1.46. The van der Waals surface area contributed by atoms with Gasteiger partial charge in [-0.25, -0.2) is 9.37 Å². The van der Waals surface area contributed by atoms with Crippen LogP contribution in [0.5, 0.6) is 5.88 Å². The Morgan fingerprint density at radius 2 is 1.85 bits per heavy atom. The Labute approximate surface area is 157 Å². The molecule has 0 atom stereocenters. The van der Waals surface area contributed by atoms with E-state index in [-0.39, 0.29) is 11.9 Å². The van der Waals surface area contributed by atoms with Crippen molar-refractivity contribution in [3.8, 4) is 5.88 Å². The van der Waals surface area contributed by atoms with Gasteiger partial charge in [0.15, 0.2) is 5.84 Å². The average Bonchev–Trinajstić information content (AvgIpc) is 2.67. The number of pyridine rings is 1. The van der Waals surface area contributed by atoms with Crippen molar-refractivity contribution < 1.29 is 14.3 Å². The summed E-state index contributed by atoms with van der Waals surface area (Å²) in [7, 11) is 0. The van der Waals surface area contributed by atoms with Crippen LogP contribution in [-0.2, 0) is 0 Å². The smallest absolute Gasteiger partial charge is 0.224 e. The van der Waals surface area contributed by atoms with Crippen LogP contribution in [0.25, 0.3) is 0 Å². The second-order valence-corrected chi connectivity index (χ2v) is 6.90. The van der Waals surface area contributed by atoms with E-state index in [2.05, 4.69) is 15.0 Å². The summed E-state index contributed by atoms with van der Waals surface area (Å²) in [6, 6.07) is 10.2. The zero-order valence-electron chi connectivity index (χ0n) is 15.1. The van der Waals surface area contributed by atoms with Crippen LogP contribution in [0.15, 0.2) is 47.8 Å². The molecule has 1 aliphatic carbocycles. The minimum atomic E-state index is -0.234. The van der Waals surface area contributed by atoms with E-state index < -0.39 is 0 Å². The normalized spacial score (nSPS) is 18.3. The van der Waals surface area contributed by atoms with Gasteiger partial charge in [0.2, 0.25) is 5.88 Å². The first-order valence-corrected chi connectivity index (χ1v) is 9.34. The number of nitrogens with zero attached hydrogens (tertiary/aromatic N) is 4. The number of rotatable bonds is 4. The molecule has 1 saturated carbocycles. The maximum Gasteiger partial charge on any atom is 0.224 e. The van der Waals surface area contributed by atoms with Crippen LogP contribution in [0.1, 0.15) is 24.8 Å². The van der Waals surface area contributed by atoms with Crippen molar-refractivity contribution in [2.24, 2.45) is 5.16 Å². The number of benzene rings is 1. The summed E-state index contributed by atoms with van der Waals surface area (Å²) >= 11 is 0. The number of piperazine rings is 1. The molecule has 1 aromatic carbocycles. The van der Waals surface area contributed by atoms with Gasteiger partial charge in [-0.15, -0.1) is 0 Å². The highest BCUT2D eigenvalue weighted by Crippen LogP contribution is 2.27. The monoisotopic (exact) mass is 370 g/mol. The largest absolute Gasteiger partial charge is 0.474 e. The molecule has 0 amide bonds. The van der Waals surface area contributed by atoms with Crippen LogP contribution in [0, 0.1) is 5.82 Å². The first-order valence-electron chi connectivity index (χ1n) is 9.34. The van der Waals surface area contributed by atoms with Crippen LogP contribution >= 0.6 is 0 Å². The van der Waals surface area contributed by atoms with Crippen molar-refractivity contribution in [2.45, 2.75) is 25.4 Å². The summed E-state index contributed by atoms with van der Waals surface area (Å²) in [6.45, 7) is 2.89. The number of halogens is 1. The summed E-state index contributed by atoms with van der Waals surface area (Å²) in [5.74, 6) is 0.773. The lowest BCUT2D eigenvalue weighted by Gasteiger charge is -2.37. The molecular weight excluding hydrogens is 347 g/mol. The fourth-order valence-corrected chi connectivity index (χ4v) is 3.42. The van der Waals surface area contributed by atoms with E-state index in [0.29, 0.717) is 30.4 Å². The Hall–Kier alpha value is -2.83. The lowest BCUT2D eigenvalue weighted by molar-refractivity contribution is 0.114. The van der Waals surface area contributed by atoms with Crippen LogP contribution in [0.2, 0.25) is 0 Å². The van der Waals surface area contributed by atoms with Crippen molar-refractivity contribution in [3.05, 3.63) is 54.0 Å². The molecule has 1 aliphatic heterocycles. The highest BCUT2D eigenvalue weighted by atomic mass is 19.1. The Bertz CT molecular complexity index is 800. The number of amidine groups is 1. The van der Waals surface area contributed by atoms with Crippen molar-refractivity contribution in [3.63, 3.8) is 0 Å². The van der Waals surface area contributed by atoms with E-state index in [1.54, 1.807) is 18.3 Å². The molecule has 2 heterocycles. The quantitative estimate of drug-likeness (QED) is 0.388. The van der Waals surface area contributed by atoms with Crippen LogP contribution in [0.3, 0.4) is 0 Å². The van der Waals surface area contributed by atoms with E-state index in [1.165, 1.54) is 18.6 Å². The molecule has 2 aromatic rings. The fraction of sp³-hybridized carbons (Fsp3) is 0.400. The van der Waals surface area contributed by atoms with Gasteiger partial charge in [0.25, 0.3) is 0 Å². The first kappa shape index (κ1) is 17.6. The van der Waals surface area contributed by atoms with Gasteiger partial charge in [0.05, 0.1) is 5.56 Å². The predicted molar refractivity (Wildman–Crippen MR) is 101 cm³/mol. The first-order chi connectivity index (χ1) is 13.2. The highest BCUT2D eigenvalue weighted by molar-refractivity contribution is 6.00. The number of hydrogen-bond acceptors (Lipinski definition) is 5. The highest BCUT2D eigenvalue weighted by Gasteiger charge is 2.26. The Morgan fingerprint density at radius 1 is 1.11 bits per heavy atom. The molecule has 1 N–H and O–H groups in total. The van der Waals surface area contributed by atoms with Gasteiger partial charge in [0, 0.05) is 38.1 Å². The third-order valence-electron chi connectivity index (χ3n) is 5.21. The molecule has 0 unspecified atom stereocenters. The van der Waals surface area contributed by atoms with Crippen LogP contribution in [0.4, 0.5) is 10.1 Å². The Morgan fingerprint density at radius 3 is 2.48 bits per heavy atom. The lowest BCUT2D eigenvalue weighted by Crippen LogP contribution is -2.49. The number of anilines is 1. The van der Waals surface area contributed by atoms with Gasteiger partial charge >= 0.3 is 0 Å². The third-order valence-corrected chi connectivity index (χ3v) is 5.21.